The second-order valence-corrected chi connectivity index (χ2v) is 3.35. The van der Waals surface area contributed by atoms with E-state index in [-0.39, 0.29) is 5.78 Å². The molecule has 0 fully saturated rings. The van der Waals surface area contributed by atoms with E-state index in [9.17, 15) is 4.79 Å². The highest BCUT2D eigenvalue weighted by Gasteiger charge is 2.05. The zero-order valence-corrected chi connectivity index (χ0v) is 9.41. The van der Waals surface area contributed by atoms with Crippen LogP contribution in [0.2, 0.25) is 0 Å². The number of carbonyl (C=O) groups excluding carboxylic acids is 1. The Morgan fingerprint density at radius 3 is 2.88 bits per heavy atom. The van der Waals surface area contributed by atoms with Gasteiger partial charge in [0.2, 0.25) is 0 Å². The highest BCUT2D eigenvalue weighted by atomic mass is 16.5. The Balaban J connectivity index is 2.90. The number of methoxy groups -OCH3 is 1. The molecule has 16 heavy (non-hydrogen) atoms. The number of ether oxygens (including phenoxy) is 1. The first kappa shape index (κ1) is 12.2. The van der Waals surface area contributed by atoms with Gasteiger partial charge in [-0.2, -0.15) is 5.26 Å². The summed E-state index contributed by atoms with van der Waals surface area (Å²) in [6.07, 6.45) is 0. The molecule has 0 aromatic heterocycles. The fraction of sp³-hybridized carbons (Fsp3) is 0.333. The molecular formula is C12H14N2O2. The van der Waals surface area contributed by atoms with Crippen molar-refractivity contribution < 1.29 is 9.53 Å². The summed E-state index contributed by atoms with van der Waals surface area (Å²) in [6.45, 7) is 2.65. The molecule has 0 aliphatic heterocycles. The SMILES string of the molecule is COCCNc1cc(C(C)=O)ccc1C#N. The third-order valence-electron chi connectivity index (χ3n) is 2.17. The molecule has 0 saturated heterocycles. The van der Waals surface area contributed by atoms with Crippen LogP contribution in [0.3, 0.4) is 0 Å². The van der Waals surface area contributed by atoms with Gasteiger partial charge in [0.1, 0.15) is 6.07 Å². The molecule has 0 radical (unpaired) electrons. The van der Waals surface area contributed by atoms with Gasteiger partial charge < -0.3 is 10.1 Å². The van der Waals surface area contributed by atoms with Gasteiger partial charge in [-0.25, -0.2) is 0 Å². The summed E-state index contributed by atoms with van der Waals surface area (Å²) in [5, 5.41) is 12.0. The molecule has 4 nitrogen and oxygen atoms in total. The van der Waals surface area contributed by atoms with Crippen LogP contribution in [-0.2, 0) is 4.74 Å². The topological polar surface area (TPSA) is 62.1 Å². The first-order chi connectivity index (χ1) is 7.69. The second-order valence-electron chi connectivity index (χ2n) is 3.35. The van der Waals surface area contributed by atoms with Gasteiger partial charge in [-0.3, -0.25) is 4.79 Å². The minimum atomic E-state index is -0.0146. The fourth-order valence-electron chi connectivity index (χ4n) is 1.29. The monoisotopic (exact) mass is 218 g/mol. The Bertz CT molecular complexity index is 422. The molecule has 1 rings (SSSR count). The second kappa shape index (κ2) is 5.89. The Kier molecular flexibility index (Phi) is 4.49. The van der Waals surface area contributed by atoms with Crippen LogP contribution in [0.25, 0.3) is 0 Å². The van der Waals surface area contributed by atoms with Crippen molar-refractivity contribution in [3.05, 3.63) is 29.3 Å². The number of hydrogen-bond acceptors (Lipinski definition) is 4. The number of rotatable bonds is 5. The van der Waals surface area contributed by atoms with Crippen LogP contribution in [0, 0.1) is 11.3 Å². The zero-order chi connectivity index (χ0) is 12.0. The highest BCUT2D eigenvalue weighted by molar-refractivity contribution is 5.95. The summed E-state index contributed by atoms with van der Waals surface area (Å²) in [7, 11) is 1.61. The number of benzene rings is 1. The Morgan fingerprint density at radius 2 is 2.31 bits per heavy atom. The molecule has 1 aromatic carbocycles. The minimum absolute atomic E-state index is 0.0146. The normalized spacial score (nSPS) is 9.56. The van der Waals surface area contributed by atoms with Crippen molar-refractivity contribution in [3.8, 4) is 6.07 Å². The molecule has 4 heteroatoms. The molecule has 1 N–H and O–H groups in total. The number of ketones is 1. The standard InChI is InChI=1S/C12H14N2O2/c1-9(15)10-3-4-11(8-13)12(7-10)14-5-6-16-2/h3-4,7,14H,5-6H2,1-2H3. The molecule has 84 valence electrons. The van der Waals surface area contributed by atoms with Crippen LogP contribution in [-0.4, -0.2) is 26.0 Å². The zero-order valence-electron chi connectivity index (χ0n) is 9.41. The quantitative estimate of drug-likeness (QED) is 0.605. The molecule has 0 unspecified atom stereocenters. The van der Waals surface area contributed by atoms with Gasteiger partial charge >= 0.3 is 0 Å². The number of nitrogens with zero attached hydrogens (tertiary/aromatic N) is 1. The van der Waals surface area contributed by atoms with Gasteiger partial charge in [0.15, 0.2) is 5.78 Å². The summed E-state index contributed by atoms with van der Waals surface area (Å²) in [5.41, 5.74) is 1.80. The van der Waals surface area contributed by atoms with Crippen molar-refractivity contribution in [2.24, 2.45) is 0 Å². The lowest BCUT2D eigenvalue weighted by atomic mass is 10.1. The van der Waals surface area contributed by atoms with E-state index < -0.39 is 0 Å². The van der Waals surface area contributed by atoms with Gasteiger partial charge in [-0.1, -0.05) is 0 Å². The van der Waals surface area contributed by atoms with Gasteiger partial charge in [0, 0.05) is 19.2 Å². The lowest BCUT2D eigenvalue weighted by Crippen LogP contribution is -2.09. The summed E-state index contributed by atoms with van der Waals surface area (Å²) in [6, 6.07) is 7.06. The maximum absolute atomic E-state index is 11.2. The van der Waals surface area contributed by atoms with Gasteiger partial charge in [-0.15, -0.1) is 0 Å². The molecule has 0 heterocycles. The molecule has 0 spiro atoms. The highest BCUT2D eigenvalue weighted by Crippen LogP contribution is 2.17. The summed E-state index contributed by atoms with van der Waals surface area (Å²) < 4.78 is 4.90. The third-order valence-corrected chi connectivity index (χ3v) is 2.17. The molecule has 0 aliphatic carbocycles. The van der Waals surface area contributed by atoms with E-state index in [0.717, 1.165) is 0 Å². The number of carbonyl (C=O) groups is 1. The Labute approximate surface area is 94.8 Å². The number of hydrogen-bond donors (Lipinski definition) is 1. The molecule has 0 atom stereocenters. The number of nitriles is 1. The van der Waals surface area contributed by atoms with Crippen molar-refractivity contribution in [1.29, 1.82) is 5.26 Å². The molecule has 1 aromatic rings. The van der Waals surface area contributed by atoms with Crippen LogP contribution in [0.4, 0.5) is 5.69 Å². The average Bonchev–Trinajstić information content (AvgIpc) is 2.29. The first-order valence-corrected chi connectivity index (χ1v) is 4.97. The number of nitrogens with one attached hydrogen (secondary N) is 1. The molecular weight excluding hydrogens is 204 g/mol. The first-order valence-electron chi connectivity index (χ1n) is 4.97. The smallest absolute Gasteiger partial charge is 0.159 e. The maximum atomic E-state index is 11.2. The molecule has 0 bridgehead atoms. The third kappa shape index (κ3) is 3.07. The van der Waals surface area contributed by atoms with Crippen LogP contribution < -0.4 is 5.32 Å². The lowest BCUT2D eigenvalue weighted by molar-refractivity contribution is 0.101. The van der Waals surface area contributed by atoms with E-state index in [0.29, 0.717) is 30.0 Å². The van der Waals surface area contributed by atoms with E-state index in [4.69, 9.17) is 10.00 Å². The molecule has 0 saturated carbocycles. The van der Waals surface area contributed by atoms with E-state index >= 15 is 0 Å². The van der Waals surface area contributed by atoms with E-state index in [1.165, 1.54) is 6.92 Å². The van der Waals surface area contributed by atoms with Crippen LogP contribution in [0.5, 0.6) is 0 Å². The fourth-order valence-corrected chi connectivity index (χ4v) is 1.29. The maximum Gasteiger partial charge on any atom is 0.159 e. The van der Waals surface area contributed by atoms with Crippen molar-refractivity contribution in [2.45, 2.75) is 6.92 Å². The van der Waals surface area contributed by atoms with Gasteiger partial charge in [-0.05, 0) is 25.1 Å². The van der Waals surface area contributed by atoms with Gasteiger partial charge in [0.05, 0.1) is 17.9 Å². The van der Waals surface area contributed by atoms with Crippen LogP contribution in [0.15, 0.2) is 18.2 Å². The minimum Gasteiger partial charge on any atom is -0.383 e. The van der Waals surface area contributed by atoms with Crippen LogP contribution >= 0.6 is 0 Å². The van der Waals surface area contributed by atoms with E-state index in [2.05, 4.69) is 11.4 Å². The Morgan fingerprint density at radius 1 is 1.56 bits per heavy atom. The summed E-state index contributed by atoms with van der Waals surface area (Å²) in [4.78, 5) is 11.2. The largest absolute Gasteiger partial charge is 0.383 e. The Hall–Kier alpha value is -1.86. The number of Topliss-reactive ketones (excluding diaryl/α,β-unsaturated/α-hetero) is 1. The van der Waals surface area contributed by atoms with Crippen LogP contribution in [0.1, 0.15) is 22.8 Å². The summed E-state index contributed by atoms with van der Waals surface area (Å²) in [5.74, 6) is -0.0146. The summed E-state index contributed by atoms with van der Waals surface area (Å²) >= 11 is 0. The number of anilines is 1. The average molecular weight is 218 g/mol. The van der Waals surface area contributed by atoms with Crippen molar-refractivity contribution in [2.75, 3.05) is 25.6 Å². The van der Waals surface area contributed by atoms with Crippen molar-refractivity contribution in [1.82, 2.24) is 0 Å². The molecule has 0 aliphatic rings. The molecule has 0 amide bonds. The van der Waals surface area contributed by atoms with Gasteiger partial charge in [0.25, 0.3) is 0 Å². The predicted octanol–water partition coefficient (Wildman–Crippen LogP) is 1.82. The van der Waals surface area contributed by atoms with Crippen molar-refractivity contribution >= 4 is 11.5 Å². The van der Waals surface area contributed by atoms with E-state index in [1.54, 1.807) is 25.3 Å². The predicted molar refractivity (Wildman–Crippen MR) is 61.5 cm³/mol. The van der Waals surface area contributed by atoms with Crippen molar-refractivity contribution in [3.63, 3.8) is 0 Å². The van der Waals surface area contributed by atoms with E-state index in [1.807, 2.05) is 0 Å². The lowest BCUT2D eigenvalue weighted by Gasteiger charge is -2.08.